The fraction of sp³-hybridized carbons (Fsp3) is 0.385. The molecule has 0 aliphatic heterocycles. The molecule has 1 aliphatic rings. The van der Waals surface area contributed by atoms with Gasteiger partial charge in [-0.05, 0) is 36.6 Å². The minimum absolute atomic E-state index is 0.163. The molecule has 0 atom stereocenters. The lowest BCUT2D eigenvalue weighted by molar-refractivity contribution is -0.274. The van der Waals surface area contributed by atoms with E-state index in [1.54, 1.807) is 0 Å². The Morgan fingerprint density at radius 2 is 2.05 bits per heavy atom. The molecule has 1 saturated carbocycles. The molecule has 1 aromatic rings. The van der Waals surface area contributed by atoms with Crippen LogP contribution in [0.5, 0.6) is 11.5 Å². The second kappa shape index (κ2) is 5.45. The summed E-state index contributed by atoms with van der Waals surface area (Å²) in [4.78, 5) is 0. The largest absolute Gasteiger partial charge is 0.573 e. The number of allylic oxidation sites excluding steroid dienone is 1. The van der Waals surface area contributed by atoms with E-state index in [1.807, 2.05) is 0 Å². The zero-order valence-electron chi connectivity index (χ0n) is 9.97. The van der Waals surface area contributed by atoms with Crippen LogP contribution in [0.1, 0.15) is 18.4 Å². The third kappa shape index (κ3) is 4.16. The SMILES string of the molecule is C=C(CBr)c1cc(OC(F)(F)F)ccc1OC1CC1. The summed E-state index contributed by atoms with van der Waals surface area (Å²) >= 11 is 3.24. The molecule has 1 aromatic carbocycles. The summed E-state index contributed by atoms with van der Waals surface area (Å²) in [5, 5.41) is 0.448. The molecule has 0 aromatic heterocycles. The van der Waals surface area contributed by atoms with Gasteiger partial charge in [0.25, 0.3) is 0 Å². The van der Waals surface area contributed by atoms with Crippen molar-refractivity contribution in [2.24, 2.45) is 0 Å². The highest BCUT2D eigenvalue weighted by molar-refractivity contribution is 9.09. The Hall–Kier alpha value is -1.17. The molecule has 0 amide bonds. The molecule has 1 aliphatic carbocycles. The molecular weight excluding hydrogens is 325 g/mol. The highest BCUT2D eigenvalue weighted by atomic mass is 79.9. The van der Waals surface area contributed by atoms with Crippen LogP contribution in [0, 0.1) is 0 Å². The molecule has 0 N–H and O–H groups in total. The van der Waals surface area contributed by atoms with E-state index in [4.69, 9.17) is 4.74 Å². The van der Waals surface area contributed by atoms with E-state index in [0.717, 1.165) is 12.8 Å². The van der Waals surface area contributed by atoms with Gasteiger partial charge in [0, 0.05) is 10.9 Å². The molecule has 0 heterocycles. The lowest BCUT2D eigenvalue weighted by atomic mass is 10.1. The van der Waals surface area contributed by atoms with Gasteiger partial charge in [0.2, 0.25) is 0 Å². The normalized spacial score (nSPS) is 15.2. The summed E-state index contributed by atoms with van der Waals surface area (Å²) in [6, 6.07) is 4.04. The summed E-state index contributed by atoms with van der Waals surface area (Å²) in [6.45, 7) is 3.81. The Balaban J connectivity index is 2.26. The fourth-order valence-electron chi connectivity index (χ4n) is 1.52. The Bertz CT molecular complexity index is 481. The maximum absolute atomic E-state index is 12.2. The number of ether oxygens (including phenoxy) is 2. The Morgan fingerprint density at radius 3 is 2.58 bits per heavy atom. The van der Waals surface area contributed by atoms with Crippen LogP contribution in [0.25, 0.3) is 5.57 Å². The van der Waals surface area contributed by atoms with Crippen molar-refractivity contribution in [1.29, 1.82) is 0 Å². The van der Waals surface area contributed by atoms with E-state index in [-0.39, 0.29) is 11.9 Å². The Morgan fingerprint density at radius 1 is 1.37 bits per heavy atom. The van der Waals surface area contributed by atoms with Gasteiger partial charge in [-0.25, -0.2) is 0 Å². The molecule has 0 bridgehead atoms. The smallest absolute Gasteiger partial charge is 0.490 e. The van der Waals surface area contributed by atoms with Crippen LogP contribution in [0.15, 0.2) is 24.8 Å². The average Bonchev–Trinajstić information content (AvgIpc) is 3.12. The Kier molecular flexibility index (Phi) is 4.08. The van der Waals surface area contributed by atoms with Gasteiger partial charge < -0.3 is 9.47 Å². The zero-order valence-corrected chi connectivity index (χ0v) is 11.6. The summed E-state index contributed by atoms with van der Waals surface area (Å²) in [5.74, 6) is 0.272. The predicted octanol–water partition coefficient (Wildman–Crippen LogP) is 4.53. The van der Waals surface area contributed by atoms with Gasteiger partial charge in [-0.1, -0.05) is 22.5 Å². The van der Waals surface area contributed by atoms with Gasteiger partial charge in [0.15, 0.2) is 0 Å². The van der Waals surface area contributed by atoms with Crippen LogP contribution >= 0.6 is 15.9 Å². The van der Waals surface area contributed by atoms with Gasteiger partial charge >= 0.3 is 6.36 Å². The van der Waals surface area contributed by atoms with Crippen LogP contribution < -0.4 is 9.47 Å². The van der Waals surface area contributed by atoms with E-state index in [1.165, 1.54) is 18.2 Å². The van der Waals surface area contributed by atoms with E-state index in [0.29, 0.717) is 22.2 Å². The lowest BCUT2D eigenvalue weighted by Gasteiger charge is -2.15. The van der Waals surface area contributed by atoms with Gasteiger partial charge in [-0.3, -0.25) is 0 Å². The monoisotopic (exact) mass is 336 g/mol. The first-order valence-electron chi connectivity index (χ1n) is 5.69. The fourth-order valence-corrected chi connectivity index (χ4v) is 1.82. The van der Waals surface area contributed by atoms with Crippen molar-refractivity contribution in [3.05, 3.63) is 30.3 Å². The van der Waals surface area contributed by atoms with Crippen molar-refractivity contribution in [3.8, 4) is 11.5 Å². The third-order valence-electron chi connectivity index (χ3n) is 2.54. The first kappa shape index (κ1) is 14.2. The molecule has 0 radical (unpaired) electrons. The van der Waals surface area contributed by atoms with Crippen LogP contribution in [-0.4, -0.2) is 17.8 Å². The summed E-state index contributed by atoms with van der Waals surface area (Å²) in [7, 11) is 0. The second-order valence-corrected chi connectivity index (χ2v) is 4.82. The average molecular weight is 337 g/mol. The number of benzene rings is 1. The first-order valence-corrected chi connectivity index (χ1v) is 6.82. The lowest BCUT2D eigenvalue weighted by Crippen LogP contribution is -2.17. The topological polar surface area (TPSA) is 18.5 Å². The van der Waals surface area contributed by atoms with Crippen LogP contribution in [-0.2, 0) is 0 Å². The van der Waals surface area contributed by atoms with Gasteiger partial charge in [0.05, 0.1) is 6.10 Å². The van der Waals surface area contributed by atoms with E-state index < -0.39 is 6.36 Å². The van der Waals surface area contributed by atoms with Crippen molar-refractivity contribution >= 4 is 21.5 Å². The Labute approximate surface area is 117 Å². The molecule has 2 nitrogen and oxygen atoms in total. The molecule has 19 heavy (non-hydrogen) atoms. The molecule has 1 fully saturated rings. The van der Waals surface area contributed by atoms with Crippen LogP contribution in [0.3, 0.4) is 0 Å². The quantitative estimate of drug-likeness (QED) is 0.735. The second-order valence-electron chi connectivity index (χ2n) is 4.26. The number of rotatable bonds is 5. The van der Waals surface area contributed by atoms with Gasteiger partial charge in [-0.2, -0.15) is 0 Å². The van der Waals surface area contributed by atoms with Gasteiger partial charge in [0.1, 0.15) is 11.5 Å². The van der Waals surface area contributed by atoms with Gasteiger partial charge in [-0.15, -0.1) is 13.2 Å². The zero-order chi connectivity index (χ0) is 14.0. The standard InChI is InChI=1S/C13H12BrF3O2/c1-8(7-14)11-6-10(19-13(15,16)17)4-5-12(11)18-9-2-3-9/h4-6,9H,1-3,7H2. The molecule has 0 saturated heterocycles. The van der Waals surface area contributed by atoms with E-state index in [9.17, 15) is 13.2 Å². The van der Waals surface area contributed by atoms with Crippen molar-refractivity contribution in [1.82, 2.24) is 0 Å². The van der Waals surface area contributed by atoms with Crippen molar-refractivity contribution in [3.63, 3.8) is 0 Å². The molecular formula is C13H12BrF3O2. The first-order chi connectivity index (χ1) is 8.89. The third-order valence-corrected chi connectivity index (χ3v) is 3.22. The predicted molar refractivity (Wildman–Crippen MR) is 69.6 cm³/mol. The number of alkyl halides is 4. The maximum Gasteiger partial charge on any atom is 0.573 e. The summed E-state index contributed by atoms with van der Waals surface area (Å²) in [6.07, 6.45) is -2.59. The van der Waals surface area contributed by atoms with Crippen molar-refractivity contribution < 1.29 is 22.6 Å². The summed E-state index contributed by atoms with van der Waals surface area (Å²) < 4.78 is 46.1. The molecule has 0 unspecified atom stereocenters. The van der Waals surface area contributed by atoms with Crippen LogP contribution in [0.4, 0.5) is 13.2 Å². The molecule has 2 rings (SSSR count). The minimum atomic E-state index is -4.70. The van der Waals surface area contributed by atoms with Crippen molar-refractivity contribution in [2.45, 2.75) is 25.3 Å². The number of halogens is 4. The highest BCUT2D eigenvalue weighted by Gasteiger charge is 2.31. The molecule has 0 spiro atoms. The highest BCUT2D eigenvalue weighted by Crippen LogP contribution is 2.36. The van der Waals surface area contributed by atoms with Crippen molar-refractivity contribution in [2.75, 3.05) is 5.33 Å². The number of hydrogen-bond donors (Lipinski definition) is 0. The maximum atomic E-state index is 12.2. The molecule has 104 valence electrons. The summed E-state index contributed by atoms with van der Waals surface area (Å²) in [5.41, 5.74) is 1.17. The van der Waals surface area contributed by atoms with Crippen LogP contribution in [0.2, 0.25) is 0 Å². The number of hydrogen-bond acceptors (Lipinski definition) is 2. The minimum Gasteiger partial charge on any atom is -0.490 e. The van der Waals surface area contributed by atoms with E-state index >= 15 is 0 Å². The van der Waals surface area contributed by atoms with E-state index in [2.05, 4.69) is 27.2 Å². The molecule has 6 heteroatoms.